The van der Waals surface area contributed by atoms with E-state index < -0.39 is 0 Å². The molecule has 0 aliphatic rings. The number of nitrogens with one attached hydrogen (secondary N) is 1. The van der Waals surface area contributed by atoms with Crippen LogP contribution in [0.5, 0.6) is 0 Å². The highest BCUT2D eigenvalue weighted by Crippen LogP contribution is 2.24. The lowest BCUT2D eigenvalue weighted by Crippen LogP contribution is -2.24. The van der Waals surface area contributed by atoms with E-state index in [1.165, 1.54) is 0 Å². The SMILES string of the molecule is CCC(C(=O)OCC(=O)Nc1ccccc1C(C)C)c1ccccc1. The Labute approximate surface area is 149 Å². The van der Waals surface area contributed by atoms with Crippen molar-refractivity contribution < 1.29 is 14.3 Å². The second kappa shape index (κ2) is 9.02. The molecule has 0 saturated carbocycles. The molecule has 4 nitrogen and oxygen atoms in total. The zero-order valence-electron chi connectivity index (χ0n) is 15.0. The molecule has 132 valence electrons. The molecule has 0 fully saturated rings. The highest BCUT2D eigenvalue weighted by Gasteiger charge is 2.21. The van der Waals surface area contributed by atoms with Crippen molar-refractivity contribution in [1.29, 1.82) is 0 Å². The number of hydrogen-bond donors (Lipinski definition) is 1. The van der Waals surface area contributed by atoms with E-state index in [-0.39, 0.29) is 24.4 Å². The molecule has 4 heteroatoms. The lowest BCUT2D eigenvalue weighted by atomic mass is 9.97. The zero-order chi connectivity index (χ0) is 18.2. The largest absolute Gasteiger partial charge is 0.455 e. The summed E-state index contributed by atoms with van der Waals surface area (Å²) in [5.74, 6) is -0.760. The Kier molecular flexibility index (Phi) is 6.75. The molecule has 2 aromatic carbocycles. The molecular formula is C21H25NO3. The fraction of sp³-hybridized carbons (Fsp3) is 0.333. The Bertz CT molecular complexity index is 710. The third-order valence-electron chi connectivity index (χ3n) is 4.10. The molecule has 2 rings (SSSR count). The molecule has 0 bridgehead atoms. The lowest BCUT2D eigenvalue weighted by molar-refractivity contribution is -0.149. The number of esters is 1. The van der Waals surface area contributed by atoms with Crippen LogP contribution < -0.4 is 5.32 Å². The van der Waals surface area contributed by atoms with Gasteiger partial charge in [-0.3, -0.25) is 9.59 Å². The summed E-state index contributed by atoms with van der Waals surface area (Å²) in [7, 11) is 0. The Morgan fingerprint density at radius 2 is 1.64 bits per heavy atom. The average Bonchev–Trinajstić information content (AvgIpc) is 2.62. The summed E-state index contributed by atoms with van der Waals surface area (Å²) in [4.78, 5) is 24.5. The maximum atomic E-state index is 12.3. The summed E-state index contributed by atoms with van der Waals surface area (Å²) >= 11 is 0. The summed E-state index contributed by atoms with van der Waals surface area (Å²) in [5.41, 5.74) is 2.71. The summed E-state index contributed by atoms with van der Waals surface area (Å²) in [5, 5.41) is 2.83. The second-order valence-corrected chi connectivity index (χ2v) is 6.27. The predicted molar refractivity (Wildman–Crippen MR) is 99.6 cm³/mol. The Hall–Kier alpha value is -2.62. The van der Waals surface area contributed by atoms with Crippen LogP contribution in [-0.4, -0.2) is 18.5 Å². The first-order valence-corrected chi connectivity index (χ1v) is 8.63. The van der Waals surface area contributed by atoms with E-state index in [0.717, 1.165) is 16.8 Å². The number of ether oxygens (including phenoxy) is 1. The van der Waals surface area contributed by atoms with E-state index in [1.807, 2.05) is 61.5 Å². The number of carbonyl (C=O) groups is 2. The van der Waals surface area contributed by atoms with E-state index in [9.17, 15) is 9.59 Å². The molecule has 0 aliphatic carbocycles. The number of anilines is 1. The Balaban J connectivity index is 1.94. The zero-order valence-corrected chi connectivity index (χ0v) is 15.0. The molecule has 1 atom stereocenters. The van der Waals surface area contributed by atoms with Gasteiger partial charge in [0.05, 0.1) is 5.92 Å². The number of hydrogen-bond acceptors (Lipinski definition) is 3. The average molecular weight is 339 g/mol. The molecule has 0 heterocycles. The minimum absolute atomic E-state index is 0.283. The number of amides is 1. The maximum Gasteiger partial charge on any atom is 0.313 e. The summed E-state index contributed by atoms with van der Waals surface area (Å²) in [6, 6.07) is 17.1. The van der Waals surface area contributed by atoms with E-state index in [0.29, 0.717) is 12.3 Å². The van der Waals surface area contributed by atoms with Gasteiger partial charge in [0.25, 0.3) is 5.91 Å². The fourth-order valence-electron chi connectivity index (χ4n) is 2.76. The highest BCUT2D eigenvalue weighted by molar-refractivity contribution is 5.94. The van der Waals surface area contributed by atoms with Crippen molar-refractivity contribution in [2.75, 3.05) is 11.9 Å². The molecule has 25 heavy (non-hydrogen) atoms. The molecule has 1 amide bonds. The first-order chi connectivity index (χ1) is 12.0. The number of rotatable bonds is 7. The number of carbonyl (C=O) groups excluding carboxylic acids is 2. The standard InChI is InChI=1S/C21H25NO3/c1-4-17(16-10-6-5-7-11-16)21(24)25-14-20(23)22-19-13-9-8-12-18(19)15(2)3/h5-13,15,17H,4,14H2,1-3H3,(H,22,23). The van der Waals surface area contributed by atoms with Gasteiger partial charge in [0.2, 0.25) is 0 Å². The Morgan fingerprint density at radius 1 is 1.00 bits per heavy atom. The van der Waals surface area contributed by atoms with Crippen LogP contribution in [0.4, 0.5) is 5.69 Å². The molecule has 2 aromatic rings. The van der Waals surface area contributed by atoms with Crippen LogP contribution >= 0.6 is 0 Å². The third kappa shape index (κ3) is 5.18. The molecule has 1 unspecified atom stereocenters. The van der Waals surface area contributed by atoms with Gasteiger partial charge in [-0.25, -0.2) is 0 Å². The molecule has 0 saturated heterocycles. The van der Waals surface area contributed by atoms with Crippen molar-refractivity contribution in [3.8, 4) is 0 Å². The van der Waals surface area contributed by atoms with Crippen molar-refractivity contribution >= 4 is 17.6 Å². The number of benzene rings is 2. The molecule has 0 aliphatic heterocycles. The summed E-state index contributed by atoms with van der Waals surface area (Å²) in [6.45, 7) is 5.78. The van der Waals surface area contributed by atoms with Gasteiger partial charge >= 0.3 is 5.97 Å². The van der Waals surface area contributed by atoms with Gasteiger partial charge in [-0.05, 0) is 29.5 Å². The lowest BCUT2D eigenvalue weighted by Gasteiger charge is -2.16. The first kappa shape index (κ1) is 18.7. The minimum atomic E-state index is -0.374. The molecule has 1 N–H and O–H groups in total. The van der Waals surface area contributed by atoms with Crippen molar-refractivity contribution in [3.05, 3.63) is 65.7 Å². The minimum Gasteiger partial charge on any atom is -0.455 e. The van der Waals surface area contributed by atoms with Crippen molar-refractivity contribution in [1.82, 2.24) is 0 Å². The fourth-order valence-corrected chi connectivity index (χ4v) is 2.76. The van der Waals surface area contributed by atoms with Gasteiger partial charge in [-0.15, -0.1) is 0 Å². The van der Waals surface area contributed by atoms with E-state index in [2.05, 4.69) is 19.2 Å². The smallest absolute Gasteiger partial charge is 0.313 e. The van der Waals surface area contributed by atoms with Crippen LogP contribution in [0.15, 0.2) is 54.6 Å². The highest BCUT2D eigenvalue weighted by atomic mass is 16.5. The van der Waals surface area contributed by atoms with E-state index in [1.54, 1.807) is 0 Å². The molecular weight excluding hydrogens is 314 g/mol. The normalized spacial score (nSPS) is 11.8. The van der Waals surface area contributed by atoms with Gasteiger partial charge in [0.15, 0.2) is 6.61 Å². The second-order valence-electron chi connectivity index (χ2n) is 6.27. The van der Waals surface area contributed by atoms with Crippen LogP contribution in [0.25, 0.3) is 0 Å². The van der Waals surface area contributed by atoms with Gasteiger partial charge in [-0.2, -0.15) is 0 Å². The topological polar surface area (TPSA) is 55.4 Å². The first-order valence-electron chi connectivity index (χ1n) is 8.63. The van der Waals surface area contributed by atoms with Crippen molar-refractivity contribution in [2.24, 2.45) is 0 Å². The van der Waals surface area contributed by atoms with Crippen LogP contribution in [0.2, 0.25) is 0 Å². The van der Waals surface area contributed by atoms with Crippen molar-refractivity contribution in [3.63, 3.8) is 0 Å². The molecule has 0 radical (unpaired) electrons. The van der Waals surface area contributed by atoms with Crippen LogP contribution in [0.3, 0.4) is 0 Å². The Morgan fingerprint density at radius 3 is 2.28 bits per heavy atom. The van der Waals surface area contributed by atoms with Gasteiger partial charge in [0, 0.05) is 5.69 Å². The number of para-hydroxylation sites is 1. The van der Waals surface area contributed by atoms with Crippen LogP contribution in [0.1, 0.15) is 50.2 Å². The summed E-state index contributed by atoms with van der Waals surface area (Å²) in [6.07, 6.45) is 0.626. The molecule has 0 aromatic heterocycles. The monoisotopic (exact) mass is 339 g/mol. The quantitative estimate of drug-likeness (QED) is 0.756. The van der Waals surface area contributed by atoms with Crippen molar-refractivity contribution in [2.45, 2.75) is 39.0 Å². The van der Waals surface area contributed by atoms with Gasteiger partial charge < -0.3 is 10.1 Å². The van der Waals surface area contributed by atoms with Gasteiger partial charge in [0.1, 0.15) is 0 Å². The summed E-state index contributed by atoms with van der Waals surface area (Å²) < 4.78 is 5.23. The van der Waals surface area contributed by atoms with E-state index in [4.69, 9.17) is 4.74 Å². The van der Waals surface area contributed by atoms with Crippen LogP contribution in [0, 0.1) is 0 Å². The van der Waals surface area contributed by atoms with E-state index >= 15 is 0 Å². The third-order valence-corrected chi connectivity index (χ3v) is 4.10. The maximum absolute atomic E-state index is 12.3. The van der Waals surface area contributed by atoms with Crippen LogP contribution in [-0.2, 0) is 14.3 Å². The predicted octanol–water partition coefficient (Wildman–Crippen LogP) is 4.49. The molecule has 0 spiro atoms. The van der Waals surface area contributed by atoms with Gasteiger partial charge in [-0.1, -0.05) is 69.3 Å².